The third kappa shape index (κ3) is 4.32. The first-order chi connectivity index (χ1) is 13.5. The third-order valence-corrected chi connectivity index (χ3v) is 3.99. The summed E-state index contributed by atoms with van der Waals surface area (Å²) in [5.74, 6) is -1.25. The molecule has 1 saturated heterocycles. The Bertz CT molecular complexity index is 967. The van der Waals surface area contributed by atoms with E-state index in [1.807, 2.05) is 0 Å². The molecule has 28 heavy (non-hydrogen) atoms. The van der Waals surface area contributed by atoms with Crippen LogP contribution < -0.4 is 10.1 Å². The molecule has 0 saturated carbocycles. The number of benzene rings is 2. The first-order valence-electron chi connectivity index (χ1n) is 8.45. The molecule has 4 amide bonds. The second-order valence-electron chi connectivity index (χ2n) is 6.01. The summed E-state index contributed by atoms with van der Waals surface area (Å²) in [6.07, 6.45) is 2.79. The number of carbonyl (C=O) groups is 3. The number of nitrogens with one attached hydrogen (secondary N) is 1. The van der Waals surface area contributed by atoms with Gasteiger partial charge >= 0.3 is 6.03 Å². The Morgan fingerprint density at radius 1 is 1.11 bits per heavy atom. The molecule has 0 radical (unpaired) electrons. The number of hydrogen-bond donors (Lipinski definition) is 1. The number of barbiturate groups is 1. The molecule has 1 N–H and O–H groups in total. The largest absolute Gasteiger partial charge is 0.489 e. The SMILES string of the molecule is C=CCN1C(=O)NC(=O)/C(=C/c2cccc(OCc3ccc(F)cc3)c2)C1=O. The van der Waals surface area contributed by atoms with Gasteiger partial charge in [-0.05, 0) is 41.5 Å². The van der Waals surface area contributed by atoms with E-state index in [0.29, 0.717) is 11.3 Å². The summed E-state index contributed by atoms with van der Waals surface area (Å²) in [6.45, 7) is 3.73. The molecule has 2 aromatic carbocycles. The van der Waals surface area contributed by atoms with Crippen molar-refractivity contribution in [2.24, 2.45) is 0 Å². The molecule has 7 heteroatoms. The van der Waals surface area contributed by atoms with Crippen LogP contribution in [0.25, 0.3) is 6.08 Å². The Morgan fingerprint density at radius 2 is 1.86 bits per heavy atom. The summed E-state index contributed by atoms with van der Waals surface area (Å²) in [7, 11) is 0. The zero-order chi connectivity index (χ0) is 20.1. The summed E-state index contributed by atoms with van der Waals surface area (Å²) in [5.41, 5.74) is 1.20. The number of imide groups is 2. The maximum absolute atomic E-state index is 13.0. The minimum Gasteiger partial charge on any atom is -0.489 e. The van der Waals surface area contributed by atoms with Crippen molar-refractivity contribution >= 4 is 23.9 Å². The molecule has 1 fully saturated rings. The van der Waals surface area contributed by atoms with Crippen LogP contribution in [0.1, 0.15) is 11.1 Å². The van der Waals surface area contributed by atoms with Gasteiger partial charge in [0.2, 0.25) is 0 Å². The lowest BCUT2D eigenvalue weighted by atomic mass is 10.1. The number of halogens is 1. The molecule has 0 aliphatic carbocycles. The van der Waals surface area contributed by atoms with Crippen molar-refractivity contribution in [3.8, 4) is 5.75 Å². The molecule has 6 nitrogen and oxygen atoms in total. The molecule has 142 valence electrons. The summed E-state index contributed by atoms with van der Waals surface area (Å²) in [6, 6.07) is 12.0. The van der Waals surface area contributed by atoms with E-state index >= 15 is 0 Å². The summed E-state index contributed by atoms with van der Waals surface area (Å²) in [4.78, 5) is 37.1. The second kappa shape index (κ2) is 8.30. The summed E-state index contributed by atoms with van der Waals surface area (Å²) in [5, 5.41) is 2.13. The number of amides is 4. The van der Waals surface area contributed by atoms with Crippen LogP contribution in [0, 0.1) is 5.82 Å². The molecule has 3 rings (SSSR count). The lowest BCUT2D eigenvalue weighted by Crippen LogP contribution is -2.54. The molecule has 1 aliphatic heterocycles. The highest BCUT2D eigenvalue weighted by atomic mass is 19.1. The molecular weight excluding hydrogens is 363 g/mol. The van der Waals surface area contributed by atoms with E-state index in [1.165, 1.54) is 24.3 Å². The van der Waals surface area contributed by atoms with Gasteiger partial charge in [0.05, 0.1) is 0 Å². The van der Waals surface area contributed by atoms with Crippen molar-refractivity contribution < 1.29 is 23.5 Å². The number of hydrogen-bond acceptors (Lipinski definition) is 4. The van der Waals surface area contributed by atoms with Crippen molar-refractivity contribution in [2.45, 2.75) is 6.61 Å². The van der Waals surface area contributed by atoms with Crippen molar-refractivity contribution in [1.82, 2.24) is 10.2 Å². The Hall–Kier alpha value is -3.74. The highest BCUT2D eigenvalue weighted by molar-refractivity contribution is 6.31. The van der Waals surface area contributed by atoms with Crippen LogP contribution in [0.2, 0.25) is 0 Å². The standard InChI is InChI=1S/C21H17FN2O4/c1-2-10-24-20(26)18(19(25)23-21(24)27)12-15-4-3-5-17(11-15)28-13-14-6-8-16(22)9-7-14/h2-9,11-12H,1,10,13H2,(H,23,25,27)/b18-12-. The molecule has 1 heterocycles. The molecular formula is C21H17FN2O4. The van der Waals surface area contributed by atoms with E-state index in [0.717, 1.165) is 10.5 Å². The van der Waals surface area contributed by atoms with Crippen LogP contribution in [0.3, 0.4) is 0 Å². The zero-order valence-electron chi connectivity index (χ0n) is 14.9. The highest BCUT2D eigenvalue weighted by Crippen LogP contribution is 2.19. The third-order valence-electron chi connectivity index (χ3n) is 3.99. The topological polar surface area (TPSA) is 75.7 Å². The quantitative estimate of drug-likeness (QED) is 0.475. The van der Waals surface area contributed by atoms with Gasteiger partial charge in [-0.1, -0.05) is 30.3 Å². The first-order valence-corrected chi connectivity index (χ1v) is 8.45. The molecule has 0 aromatic heterocycles. The summed E-state index contributed by atoms with van der Waals surface area (Å²) >= 11 is 0. The lowest BCUT2D eigenvalue weighted by Gasteiger charge is -2.25. The predicted octanol–water partition coefficient (Wildman–Crippen LogP) is 3.05. The monoisotopic (exact) mass is 380 g/mol. The minimum atomic E-state index is -0.775. The van der Waals surface area contributed by atoms with E-state index < -0.39 is 17.8 Å². The number of ether oxygens (including phenoxy) is 1. The highest BCUT2D eigenvalue weighted by Gasteiger charge is 2.34. The van der Waals surface area contributed by atoms with Gasteiger partial charge in [-0.3, -0.25) is 19.8 Å². The normalized spacial score (nSPS) is 15.5. The molecule has 0 atom stereocenters. The number of rotatable bonds is 6. The zero-order valence-corrected chi connectivity index (χ0v) is 14.9. The first kappa shape index (κ1) is 19.0. The number of carbonyl (C=O) groups excluding carboxylic acids is 3. The Balaban J connectivity index is 1.78. The van der Waals surface area contributed by atoms with E-state index in [-0.39, 0.29) is 24.5 Å². The van der Waals surface area contributed by atoms with Crippen molar-refractivity contribution in [1.29, 1.82) is 0 Å². The lowest BCUT2D eigenvalue weighted by molar-refractivity contribution is -0.129. The average molecular weight is 380 g/mol. The van der Waals surface area contributed by atoms with Crippen LogP contribution in [0.4, 0.5) is 9.18 Å². The van der Waals surface area contributed by atoms with Gasteiger partial charge in [0.15, 0.2) is 0 Å². The van der Waals surface area contributed by atoms with Crippen molar-refractivity contribution in [3.63, 3.8) is 0 Å². The van der Waals surface area contributed by atoms with E-state index in [9.17, 15) is 18.8 Å². The van der Waals surface area contributed by atoms with E-state index in [4.69, 9.17) is 4.74 Å². The smallest absolute Gasteiger partial charge is 0.331 e. The van der Waals surface area contributed by atoms with Crippen LogP contribution in [0.15, 0.2) is 66.8 Å². The predicted molar refractivity (Wildman–Crippen MR) is 101 cm³/mol. The summed E-state index contributed by atoms with van der Waals surface area (Å²) < 4.78 is 18.6. The van der Waals surface area contributed by atoms with Gasteiger partial charge in [0.25, 0.3) is 11.8 Å². The Kier molecular flexibility index (Phi) is 5.64. The van der Waals surface area contributed by atoms with Crippen LogP contribution in [-0.2, 0) is 16.2 Å². The maximum Gasteiger partial charge on any atom is 0.331 e. The van der Waals surface area contributed by atoms with Crippen molar-refractivity contribution in [3.05, 3.63) is 83.7 Å². The van der Waals surface area contributed by atoms with Gasteiger partial charge in [0, 0.05) is 6.54 Å². The van der Waals surface area contributed by atoms with E-state index in [1.54, 1.807) is 36.4 Å². The molecule has 0 unspecified atom stereocenters. The van der Waals surface area contributed by atoms with Gasteiger partial charge in [-0.25, -0.2) is 9.18 Å². The molecule has 1 aliphatic rings. The number of nitrogens with zero attached hydrogens (tertiary/aromatic N) is 1. The number of urea groups is 1. The Morgan fingerprint density at radius 3 is 2.57 bits per heavy atom. The molecule has 2 aromatic rings. The van der Waals surface area contributed by atoms with Crippen LogP contribution >= 0.6 is 0 Å². The second-order valence-corrected chi connectivity index (χ2v) is 6.01. The van der Waals surface area contributed by atoms with Gasteiger partial charge in [-0.2, -0.15) is 0 Å². The fourth-order valence-electron chi connectivity index (χ4n) is 2.60. The molecule has 0 bridgehead atoms. The average Bonchev–Trinajstić information content (AvgIpc) is 2.68. The van der Waals surface area contributed by atoms with Gasteiger partial charge in [-0.15, -0.1) is 6.58 Å². The Labute approximate surface area is 160 Å². The van der Waals surface area contributed by atoms with Crippen molar-refractivity contribution in [2.75, 3.05) is 6.54 Å². The minimum absolute atomic E-state index is 0.00386. The molecule has 0 spiro atoms. The fourth-order valence-corrected chi connectivity index (χ4v) is 2.60. The maximum atomic E-state index is 13.0. The van der Waals surface area contributed by atoms with Gasteiger partial charge in [0.1, 0.15) is 23.7 Å². The van der Waals surface area contributed by atoms with Gasteiger partial charge < -0.3 is 4.74 Å². The van der Waals surface area contributed by atoms with Crippen LogP contribution in [0.5, 0.6) is 5.75 Å². The van der Waals surface area contributed by atoms with E-state index in [2.05, 4.69) is 11.9 Å². The fraction of sp³-hybridized carbons (Fsp3) is 0.0952. The van der Waals surface area contributed by atoms with Crippen LogP contribution in [-0.4, -0.2) is 29.3 Å².